The number of imidazole rings is 1. The fourth-order valence-corrected chi connectivity index (χ4v) is 3.93. The smallest absolute Gasteiger partial charge is 0.321 e. The Morgan fingerprint density at radius 2 is 2.03 bits per heavy atom. The zero-order valence-electron chi connectivity index (χ0n) is 17.1. The van der Waals surface area contributed by atoms with Crippen molar-refractivity contribution in [3.8, 4) is 11.3 Å². The van der Waals surface area contributed by atoms with E-state index >= 15 is 0 Å². The van der Waals surface area contributed by atoms with E-state index in [0.29, 0.717) is 6.54 Å². The van der Waals surface area contributed by atoms with E-state index in [4.69, 9.17) is 4.74 Å². The van der Waals surface area contributed by atoms with Gasteiger partial charge in [0.05, 0.1) is 30.3 Å². The Kier molecular flexibility index (Phi) is 6.97. The Morgan fingerprint density at radius 3 is 2.69 bits per heavy atom. The number of thioether (sulfide) groups is 1. The first-order chi connectivity index (χ1) is 13.8. The van der Waals surface area contributed by atoms with Crippen molar-refractivity contribution < 1.29 is 14.3 Å². The highest BCUT2D eigenvalue weighted by Gasteiger charge is 2.22. The number of aromatic nitrogens is 2. The molecule has 2 N–H and O–H groups in total. The summed E-state index contributed by atoms with van der Waals surface area (Å²) in [5.74, 6) is -0.251. The number of imide groups is 1. The molecule has 0 radical (unpaired) electrons. The molecule has 0 bridgehead atoms. The molecule has 1 fully saturated rings. The molecule has 1 aliphatic heterocycles. The van der Waals surface area contributed by atoms with Gasteiger partial charge in [-0.2, -0.15) is 0 Å². The fourth-order valence-electron chi connectivity index (χ4n) is 3.15. The molecule has 1 atom stereocenters. The van der Waals surface area contributed by atoms with Gasteiger partial charge in [-0.05, 0) is 39.2 Å². The van der Waals surface area contributed by atoms with Gasteiger partial charge in [-0.3, -0.25) is 10.1 Å². The monoisotopic (exact) mass is 416 g/mol. The molecule has 3 amide bonds. The number of ether oxygens (including phenoxy) is 1. The van der Waals surface area contributed by atoms with Crippen molar-refractivity contribution in [3.05, 3.63) is 36.5 Å². The van der Waals surface area contributed by atoms with E-state index in [2.05, 4.69) is 20.2 Å². The Balaban J connectivity index is 1.69. The second-order valence-corrected chi connectivity index (χ2v) is 9.02. The van der Waals surface area contributed by atoms with Crippen molar-refractivity contribution in [2.24, 2.45) is 0 Å². The zero-order valence-corrected chi connectivity index (χ0v) is 17.9. The third kappa shape index (κ3) is 6.33. The number of amides is 3. The molecule has 1 aromatic carbocycles. The van der Waals surface area contributed by atoms with Crippen LogP contribution in [0, 0.1) is 0 Å². The lowest BCUT2D eigenvalue weighted by atomic mass is 10.1. The molecule has 156 valence electrons. The Bertz CT molecular complexity index is 839. The van der Waals surface area contributed by atoms with Crippen LogP contribution in [-0.2, 0) is 16.1 Å². The van der Waals surface area contributed by atoms with Crippen molar-refractivity contribution in [2.75, 3.05) is 12.4 Å². The van der Waals surface area contributed by atoms with Crippen LogP contribution in [0.1, 0.15) is 33.6 Å². The van der Waals surface area contributed by atoms with E-state index in [9.17, 15) is 9.59 Å². The molecule has 1 aliphatic rings. The summed E-state index contributed by atoms with van der Waals surface area (Å²) in [6.45, 7) is 7.06. The summed E-state index contributed by atoms with van der Waals surface area (Å²) in [5, 5.41) is 5.82. The molecule has 7 nitrogen and oxygen atoms in total. The maximum Gasteiger partial charge on any atom is 0.321 e. The molecule has 0 spiro atoms. The van der Waals surface area contributed by atoms with Crippen molar-refractivity contribution in [1.29, 1.82) is 0 Å². The maximum atomic E-state index is 12.2. The molecule has 0 saturated carbocycles. The van der Waals surface area contributed by atoms with Crippen LogP contribution in [-0.4, -0.2) is 45.5 Å². The molecule has 0 aliphatic carbocycles. The van der Waals surface area contributed by atoms with Crippen LogP contribution in [0.2, 0.25) is 0 Å². The molecule has 3 rings (SSSR count). The minimum Gasteiger partial charge on any atom is -0.376 e. The van der Waals surface area contributed by atoms with E-state index in [0.717, 1.165) is 35.9 Å². The summed E-state index contributed by atoms with van der Waals surface area (Å²) >= 11 is 1.32. The second kappa shape index (κ2) is 9.45. The van der Waals surface area contributed by atoms with Crippen LogP contribution in [0.3, 0.4) is 0 Å². The van der Waals surface area contributed by atoms with Gasteiger partial charge in [0, 0.05) is 12.1 Å². The Hall–Kier alpha value is -2.32. The first-order valence-electron chi connectivity index (χ1n) is 9.79. The van der Waals surface area contributed by atoms with Gasteiger partial charge in [-0.15, -0.1) is 0 Å². The summed E-state index contributed by atoms with van der Waals surface area (Å²) in [4.78, 5) is 28.6. The van der Waals surface area contributed by atoms with Crippen LogP contribution in [0.5, 0.6) is 0 Å². The van der Waals surface area contributed by atoms with Gasteiger partial charge in [0.1, 0.15) is 0 Å². The van der Waals surface area contributed by atoms with Gasteiger partial charge in [-0.1, -0.05) is 42.1 Å². The molecule has 29 heavy (non-hydrogen) atoms. The fraction of sp³-hybridized carbons (Fsp3) is 0.476. The largest absolute Gasteiger partial charge is 0.376 e. The standard InChI is InChI=1S/C21H28N4O3S/c1-21(2,3)24-19(27)23-18(26)14-29-20-22-12-17(15-8-5-4-6-9-15)25(20)13-16-10-7-11-28-16/h4-6,8-9,12,16H,7,10-11,13-14H2,1-3H3,(H2,23,24,26,27). The van der Waals surface area contributed by atoms with Crippen LogP contribution < -0.4 is 10.6 Å². The van der Waals surface area contributed by atoms with Gasteiger partial charge >= 0.3 is 6.03 Å². The summed E-state index contributed by atoms with van der Waals surface area (Å²) in [5.41, 5.74) is 1.66. The number of urea groups is 1. The van der Waals surface area contributed by atoms with Crippen molar-refractivity contribution >= 4 is 23.7 Å². The summed E-state index contributed by atoms with van der Waals surface area (Å²) in [6.07, 6.45) is 4.06. The number of rotatable bonds is 6. The second-order valence-electron chi connectivity index (χ2n) is 8.08. The van der Waals surface area contributed by atoms with E-state index in [-0.39, 0.29) is 17.8 Å². The third-order valence-corrected chi connectivity index (χ3v) is 5.36. The minimum absolute atomic E-state index is 0.105. The number of carbonyl (C=O) groups excluding carboxylic acids is 2. The van der Waals surface area contributed by atoms with Crippen LogP contribution >= 0.6 is 11.8 Å². The number of carbonyl (C=O) groups is 2. The van der Waals surface area contributed by atoms with Crippen LogP contribution in [0.25, 0.3) is 11.3 Å². The van der Waals surface area contributed by atoms with E-state index < -0.39 is 11.6 Å². The number of nitrogens with one attached hydrogen (secondary N) is 2. The first-order valence-corrected chi connectivity index (χ1v) is 10.8. The number of benzene rings is 1. The zero-order chi connectivity index (χ0) is 20.9. The quantitative estimate of drug-likeness (QED) is 0.705. The lowest BCUT2D eigenvalue weighted by Crippen LogP contribution is -2.48. The first kappa shape index (κ1) is 21.4. The van der Waals surface area contributed by atoms with Crippen molar-refractivity contribution in [3.63, 3.8) is 0 Å². The average molecular weight is 417 g/mol. The van der Waals surface area contributed by atoms with Gasteiger partial charge in [0.2, 0.25) is 5.91 Å². The molecular formula is C21H28N4O3S. The minimum atomic E-state index is -0.490. The highest BCUT2D eigenvalue weighted by Crippen LogP contribution is 2.28. The maximum absolute atomic E-state index is 12.2. The van der Waals surface area contributed by atoms with E-state index in [1.165, 1.54) is 11.8 Å². The highest BCUT2D eigenvalue weighted by molar-refractivity contribution is 7.99. The molecule has 1 unspecified atom stereocenters. The van der Waals surface area contributed by atoms with Gasteiger partial charge in [-0.25, -0.2) is 9.78 Å². The van der Waals surface area contributed by atoms with E-state index in [1.807, 2.05) is 57.3 Å². The molecule has 1 saturated heterocycles. The third-order valence-electron chi connectivity index (χ3n) is 4.37. The predicted octanol–water partition coefficient (Wildman–Crippen LogP) is 3.45. The topological polar surface area (TPSA) is 85.3 Å². The normalized spacial score (nSPS) is 16.6. The van der Waals surface area contributed by atoms with Crippen LogP contribution in [0.4, 0.5) is 4.79 Å². The van der Waals surface area contributed by atoms with Gasteiger partial charge in [0.25, 0.3) is 0 Å². The Morgan fingerprint density at radius 1 is 1.28 bits per heavy atom. The lowest BCUT2D eigenvalue weighted by Gasteiger charge is -2.20. The summed E-state index contributed by atoms with van der Waals surface area (Å²) in [7, 11) is 0. The van der Waals surface area contributed by atoms with Crippen molar-refractivity contribution in [1.82, 2.24) is 20.2 Å². The molecule has 2 heterocycles. The van der Waals surface area contributed by atoms with Crippen LogP contribution in [0.15, 0.2) is 41.7 Å². The lowest BCUT2D eigenvalue weighted by molar-refractivity contribution is -0.117. The summed E-state index contributed by atoms with van der Waals surface area (Å²) < 4.78 is 7.92. The molecular weight excluding hydrogens is 388 g/mol. The highest BCUT2D eigenvalue weighted by atomic mass is 32.2. The number of hydrogen-bond donors (Lipinski definition) is 2. The van der Waals surface area contributed by atoms with Gasteiger partial charge < -0.3 is 14.6 Å². The summed E-state index contributed by atoms with van der Waals surface area (Å²) in [6, 6.07) is 9.56. The van der Waals surface area contributed by atoms with Gasteiger partial charge in [0.15, 0.2) is 5.16 Å². The molecule has 8 heteroatoms. The SMILES string of the molecule is CC(C)(C)NC(=O)NC(=O)CSc1ncc(-c2ccccc2)n1CC1CCCO1. The average Bonchev–Trinajstić information content (AvgIpc) is 3.29. The predicted molar refractivity (Wildman–Crippen MR) is 114 cm³/mol. The van der Waals surface area contributed by atoms with E-state index in [1.54, 1.807) is 0 Å². The molecule has 1 aromatic heterocycles. The number of nitrogens with zero attached hydrogens (tertiary/aromatic N) is 2. The molecule has 2 aromatic rings. The number of hydrogen-bond acceptors (Lipinski definition) is 5. The van der Waals surface area contributed by atoms with Crippen molar-refractivity contribution in [2.45, 2.75) is 57.0 Å². The Labute approximate surface area is 175 Å².